The second-order valence-electron chi connectivity index (χ2n) is 7.18. The number of hydrogen-bond acceptors (Lipinski definition) is 6. The van der Waals surface area contributed by atoms with E-state index in [1.54, 1.807) is 19.1 Å². The summed E-state index contributed by atoms with van der Waals surface area (Å²) in [4.78, 5) is 41.3. The minimum atomic E-state index is -1.26. The van der Waals surface area contributed by atoms with Crippen LogP contribution in [0, 0.1) is 18.8 Å². The molecular weight excluding hydrogens is 364 g/mol. The summed E-state index contributed by atoms with van der Waals surface area (Å²) in [7, 11) is 1.29. The maximum atomic E-state index is 13.3. The van der Waals surface area contributed by atoms with E-state index in [0.717, 1.165) is 10.4 Å². The highest BCUT2D eigenvalue weighted by atomic mass is 32.1. The van der Waals surface area contributed by atoms with Crippen LogP contribution in [0.3, 0.4) is 0 Å². The summed E-state index contributed by atoms with van der Waals surface area (Å²) in [6.45, 7) is 3.59. The summed E-state index contributed by atoms with van der Waals surface area (Å²) < 4.78 is 4.97. The van der Waals surface area contributed by atoms with Gasteiger partial charge in [-0.15, -0.1) is 11.3 Å². The number of methoxy groups -OCH3 is 1. The molecule has 6 nitrogen and oxygen atoms in total. The Kier molecular flexibility index (Phi) is 4.16. The lowest BCUT2D eigenvalue weighted by molar-refractivity contribution is -0.151. The standard InChI is InChI=1S/C20H20N2O4S/c1-11-6-8-12(9-7-11)22-17(23)14-15(18(22)24)20(2,19(25)26-3)21-16(14)13-5-4-10-27-13/h4-10,14-16,21H,1-3H3/t14-,15+,16+,20+/m0/s1. The number of nitrogens with one attached hydrogen (secondary N) is 1. The molecule has 0 radical (unpaired) electrons. The fraction of sp³-hybridized carbons (Fsp3) is 0.350. The molecule has 1 aromatic carbocycles. The van der Waals surface area contributed by atoms with E-state index in [-0.39, 0.29) is 11.8 Å². The number of amides is 2. The minimum Gasteiger partial charge on any atom is -0.468 e. The number of benzene rings is 1. The Bertz CT molecular complexity index is 909. The normalized spacial score (nSPS) is 29.9. The predicted octanol–water partition coefficient (Wildman–Crippen LogP) is 2.44. The number of rotatable bonds is 3. The van der Waals surface area contributed by atoms with Crippen molar-refractivity contribution in [1.82, 2.24) is 5.32 Å². The number of carbonyl (C=O) groups excluding carboxylic acids is 3. The van der Waals surface area contributed by atoms with Crippen molar-refractivity contribution in [2.75, 3.05) is 12.0 Å². The van der Waals surface area contributed by atoms with E-state index in [1.165, 1.54) is 23.3 Å². The van der Waals surface area contributed by atoms with Gasteiger partial charge in [-0.2, -0.15) is 0 Å². The molecule has 2 aliphatic heterocycles. The van der Waals surface area contributed by atoms with Gasteiger partial charge in [0.1, 0.15) is 5.54 Å². The quantitative estimate of drug-likeness (QED) is 0.650. The van der Waals surface area contributed by atoms with Gasteiger partial charge in [-0.25, -0.2) is 4.90 Å². The maximum absolute atomic E-state index is 13.3. The molecule has 0 saturated carbocycles. The van der Waals surface area contributed by atoms with Crippen molar-refractivity contribution in [3.05, 3.63) is 52.2 Å². The van der Waals surface area contributed by atoms with Crippen molar-refractivity contribution in [2.24, 2.45) is 11.8 Å². The van der Waals surface area contributed by atoms with Crippen LogP contribution in [-0.4, -0.2) is 30.4 Å². The van der Waals surface area contributed by atoms with Crippen LogP contribution in [0.5, 0.6) is 0 Å². The van der Waals surface area contributed by atoms with Gasteiger partial charge >= 0.3 is 5.97 Å². The van der Waals surface area contributed by atoms with Gasteiger partial charge in [0, 0.05) is 4.88 Å². The minimum absolute atomic E-state index is 0.285. The van der Waals surface area contributed by atoms with Crippen LogP contribution in [0.4, 0.5) is 5.69 Å². The highest BCUT2D eigenvalue weighted by Crippen LogP contribution is 2.50. The lowest BCUT2D eigenvalue weighted by Gasteiger charge is -2.28. The number of fused-ring (bicyclic) bond motifs is 1. The van der Waals surface area contributed by atoms with Gasteiger partial charge < -0.3 is 4.74 Å². The van der Waals surface area contributed by atoms with Crippen LogP contribution in [0.2, 0.25) is 0 Å². The van der Waals surface area contributed by atoms with Crippen molar-refractivity contribution in [1.29, 1.82) is 0 Å². The molecule has 2 saturated heterocycles. The molecule has 2 amide bonds. The molecule has 1 N–H and O–H groups in total. The van der Waals surface area contributed by atoms with Crippen molar-refractivity contribution >= 4 is 34.8 Å². The molecule has 0 bridgehead atoms. The van der Waals surface area contributed by atoms with E-state index in [2.05, 4.69) is 5.32 Å². The molecule has 0 spiro atoms. The SMILES string of the molecule is COC(=O)[C@]1(C)N[C@H](c2cccs2)[C@H]2C(=O)N(c3ccc(C)cc3)C(=O)[C@@H]21. The molecule has 2 aliphatic rings. The zero-order valence-electron chi connectivity index (χ0n) is 15.3. The number of thiophene rings is 1. The average Bonchev–Trinajstić information content (AvgIpc) is 3.34. The van der Waals surface area contributed by atoms with E-state index in [0.29, 0.717) is 5.69 Å². The molecule has 27 heavy (non-hydrogen) atoms. The van der Waals surface area contributed by atoms with E-state index in [1.807, 2.05) is 36.6 Å². The third-order valence-electron chi connectivity index (χ3n) is 5.54. The first-order valence-corrected chi connectivity index (χ1v) is 9.60. The van der Waals surface area contributed by atoms with Crippen LogP contribution in [0.15, 0.2) is 41.8 Å². The molecule has 3 heterocycles. The van der Waals surface area contributed by atoms with Crippen LogP contribution < -0.4 is 10.2 Å². The highest BCUT2D eigenvalue weighted by Gasteiger charge is 2.67. The fourth-order valence-electron chi connectivity index (χ4n) is 4.20. The average molecular weight is 384 g/mol. The lowest BCUT2D eigenvalue weighted by atomic mass is 9.81. The molecule has 2 fully saturated rings. The van der Waals surface area contributed by atoms with E-state index in [9.17, 15) is 14.4 Å². The Morgan fingerprint density at radius 1 is 1.19 bits per heavy atom. The number of carbonyl (C=O) groups is 3. The third kappa shape index (κ3) is 2.53. The summed E-state index contributed by atoms with van der Waals surface area (Å²) in [5.74, 6) is -2.66. The Balaban J connectivity index is 1.81. The molecule has 2 aromatic rings. The Hall–Kier alpha value is -2.51. The zero-order valence-corrected chi connectivity index (χ0v) is 16.1. The topological polar surface area (TPSA) is 75.7 Å². The van der Waals surface area contributed by atoms with Crippen molar-refractivity contribution in [3.8, 4) is 0 Å². The first-order valence-electron chi connectivity index (χ1n) is 8.72. The molecule has 4 atom stereocenters. The van der Waals surface area contributed by atoms with Crippen LogP contribution in [0.25, 0.3) is 0 Å². The molecule has 0 unspecified atom stereocenters. The van der Waals surface area contributed by atoms with Gasteiger partial charge in [-0.1, -0.05) is 23.8 Å². The van der Waals surface area contributed by atoms with Crippen molar-refractivity contribution in [3.63, 3.8) is 0 Å². The fourth-order valence-corrected chi connectivity index (χ4v) is 5.02. The number of aryl methyl sites for hydroxylation is 1. The molecule has 1 aromatic heterocycles. The van der Waals surface area contributed by atoms with Gasteiger partial charge in [-0.05, 0) is 37.4 Å². The van der Waals surface area contributed by atoms with E-state index in [4.69, 9.17) is 4.74 Å². The van der Waals surface area contributed by atoms with Gasteiger partial charge in [0.25, 0.3) is 0 Å². The summed E-state index contributed by atoms with van der Waals surface area (Å²) in [6, 6.07) is 10.6. The first kappa shape index (κ1) is 17.9. The van der Waals surface area contributed by atoms with Gasteiger partial charge in [0.2, 0.25) is 11.8 Å². The number of imide groups is 1. The smallest absolute Gasteiger partial charge is 0.326 e. The zero-order chi connectivity index (χ0) is 19.3. The van der Waals surface area contributed by atoms with Crippen molar-refractivity contribution < 1.29 is 19.1 Å². The summed E-state index contributed by atoms with van der Waals surface area (Å²) in [5.41, 5.74) is 0.304. The number of anilines is 1. The molecule has 7 heteroatoms. The first-order chi connectivity index (χ1) is 12.9. The van der Waals surface area contributed by atoms with Crippen LogP contribution >= 0.6 is 11.3 Å². The molecule has 140 valence electrons. The monoisotopic (exact) mass is 384 g/mol. The number of ether oxygens (including phenoxy) is 1. The lowest BCUT2D eigenvalue weighted by Crippen LogP contribution is -2.54. The van der Waals surface area contributed by atoms with E-state index >= 15 is 0 Å². The van der Waals surface area contributed by atoms with E-state index < -0.39 is 29.4 Å². The largest absolute Gasteiger partial charge is 0.468 e. The molecular formula is C20H20N2O4S. The summed E-state index contributed by atoms with van der Waals surface area (Å²) >= 11 is 1.49. The number of esters is 1. The second-order valence-corrected chi connectivity index (χ2v) is 8.16. The maximum Gasteiger partial charge on any atom is 0.326 e. The third-order valence-corrected chi connectivity index (χ3v) is 6.49. The Morgan fingerprint density at radius 2 is 1.89 bits per heavy atom. The van der Waals surface area contributed by atoms with Crippen LogP contribution in [0.1, 0.15) is 23.4 Å². The Morgan fingerprint density at radius 3 is 2.48 bits per heavy atom. The predicted molar refractivity (Wildman–Crippen MR) is 101 cm³/mol. The highest BCUT2D eigenvalue weighted by molar-refractivity contribution is 7.10. The second kappa shape index (κ2) is 6.28. The number of nitrogens with zero attached hydrogens (tertiary/aromatic N) is 1. The number of hydrogen-bond donors (Lipinski definition) is 1. The molecule has 4 rings (SSSR count). The van der Waals surface area contributed by atoms with Gasteiger partial charge in [0.05, 0.1) is 30.7 Å². The van der Waals surface area contributed by atoms with Gasteiger partial charge in [0.15, 0.2) is 0 Å². The molecule has 0 aliphatic carbocycles. The van der Waals surface area contributed by atoms with Crippen molar-refractivity contribution in [2.45, 2.75) is 25.4 Å². The van der Waals surface area contributed by atoms with Gasteiger partial charge in [-0.3, -0.25) is 19.7 Å². The Labute approximate surface area is 161 Å². The van der Waals surface area contributed by atoms with Crippen LogP contribution in [-0.2, 0) is 19.1 Å². The summed E-state index contributed by atoms with van der Waals surface area (Å²) in [6.07, 6.45) is 0. The summed E-state index contributed by atoms with van der Waals surface area (Å²) in [5, 5.41) is 5.15.